The molecule has 4 heteroatoms. The monoisotopic (exact) mass is 162 g/mol. The predicted molar refractivity (Wildman–Crippen MR) is 34.3 cm³/mol. The minimum absolute atomic E-state index is 0.0181. The van der Waals surface area contributed by atoms with Gasteiger partial charge in [-0.2, -0.15) is 4.73 Å². The van der Waals surface area contributed by atoms with Crippen molar-refractivity contribution in [2.45, 2.75) is 0 Å². The Morgan fingerprint density at radius 1 is 1.56 bits per heavy atom. The van der Waals surface area contributed by atoms with E-state index in [2.05, 4.69) is 6.07 Å². The van der Waals surface area contributed by atoms with Crippen LogP contribution in [0.4, 0.5) is 0 Å². The molecule has 1 aromatic heterocycles. The molecule has 0 aliphatic rings. The van der Waals surface area contributed by atoms with Crippen LogP contribution in [0.1, 0.15) is 0 Å². The van der Waals surface area contributed by atoms with Crippen molar-refractivity contribution in [1.29, 1.82) is 0 Å². The smallest absolute Gasteiger partial charge is 0.305 e. The van der Waals surface area contributed by atoms with Crippen molar-refractivity contribution in [3.05, 3.63) is 33.7 Å². The van der Waals surface area contributed by atoms with E-state index in [0.29, 0.717) is 4.73 Å². The molecule has 0 fully saturated rings. The van der Waals surface area contributed by atoms with Crippen LogP contribution in [0, 0.1) is 11.3 Å². The van der Waals surface area contributed by atoms with Gasteiger partial charge in [0, 0.05) is 0 Å². The first-order valence-electron chi connectivity index (χ1n) is 2.16. The van der Waals surface area contributed by atoms with Crippen molar-refractivity contribution in [2.24, 2.45) is 0 Å². The first kappa shape index (κ1) is 6.65. The molecule has 1 heterocycles. The number of nitrogens with zero attached hydrogens (tertiary/aromatic N) is 1. The summed E-state index contributed by atoms with van der Waals surface area (Å²) in [5, 5.41) is 10.7. The highest BCUT2D eigenvalue weighted by molar-refractivity contribution is 6.40. The summed E-state index contributed by atoms with van der Waals surface area (Å²) >= 11 is 10.8. The molecular weight excluding hydrogens is 161 g/mol. The normalized spacial score (nSPS) is 9.56. The van der Waals surface area contributed by atoms with E-state index < -0.39 is 0 Å². The highest BCUT2D eigenvalue weighted by Gasteiger charge is 2.04. The lowest BCUT2D eigenvalue weighted by molar-refractivity contribution is -0.603. The van der Waals surface area contributed by atoms with Gasteiger partial charge in [0.15, 0.2) is 6.20 Å². The summed E-state index contributed by atoms with van der Waals surface area (Å²) in [6, 6.07) is 3.93. The molecule has 1 radical (unpaired) electrons. The van der Waals surface area contributed by atoms with Crippen molar-refractivity contribution < 1.29 is 4.73 Å². The van der Waals surface area contributed by atoms with Crippen LogP contribution >= 0.6 is 23.2 Å². The Morgan fingerprint density at radius 2 is 2.22 bits per heavy atom. The van der Waals surface area contributed by atoms with Crippen molar-refractivity contribution in [1.82, 2.24) is 0 Å². The molecule has 0 aromatic carbocycles. The minimum atomic E-state index is -0.0181. The van der Waals surface area contributed by atoms with E-state index in [4.69, 9.17) is 23.2 Å². The minimum Gasteiger partial charge on any atom is -0.618 e. The third kappa shape index (κ3) is 1.26. The number of halogens is 2. The average molecular weight is 163 g/mol. The Kier molecular flexibility index (Phi) is 1.78. The van der Waals surface area contributed by atoms with Gasteiger partial charge in [-0.25, -0.2) is 0 Å². The van der Waals surface area contributed by atoms with E-state index in [1.165, 1.54) is 6.07 Å². The standard InChI is InChI=1S/C5H2Cl2NO/c6-4-2-1-3-8(9)5(4)7/h2-3H. The Bertz CT molecular complexity index is 206. The summed E-state index contributed by atoms with van der Waals surface area (Å²) in [4.78, 5) is 0. The summed E-state index contributed by atoms with van der Waals surface area (Å²) in [6.45, 7) is 0. The number of rotatable bonds is 0. The van der Waals surface area contributed by atoms with Crippen LogP contribution in [0.3, 0.4) is 0 Å². The maximum absolute atomic E-state index is 10.5. The zero-order valence-electron chi connectivity index (χ0n) is 4.27. The molecule has 1 rings (SSSR count). The van der Waals surface area contributed by atoms with Gasteiger partial charge < -0.3 is 5.21 Å². The van der Waals surface area contributed by atoms with Crippen LogP contribution in [0.15, 0.2) is 12.3 Å². The first-order valence-corrected chi connectivity index (χ1v) is 2.91. The van der Waals surface area contributed by atoms with Gasteiger partial charge in [-0.3, -0.25) is 0 Å². The van der Waals surface area contributed by atoms with Gasteiger partial charge >= 0.3 is 5.15 Å². The Morgan fingerprint density at radius 3 is 2.67 bits per heavy atom. The van der Waals surface area contributed by atoms with E-state index in [1.807, 2.05) is 0 Å². The van der Waals surface area contributed by atoms with Crippen LogP contribution in [-0.4, -0.2) is 0 Å². The molecular formula is C5H2Cl2NO. The number of pyridine rings is 1. The molecule has 0 aliphatic heterocycles. The zero-order chi connectivity index (χ0) is 6.85. The van der Waals surface area contributed by atoms with Gasteiger partial charge in [-0.1, -0.05) is 11.6 Å². The van der Waals surface area contributed by atoms with E-state index >= 15 is 0 Å². The first-order chi connectivity index (χ1) is 4.22. The van der Waals surface area contributed by atoms with E-state index in [-0.39, 0.29) is 10.2 Å². The molecule has 9 heavy (non-hydrogen) atoms. The van der Waals surface area contributed by atoms with E-state index in [9.17, 15) is 5.21 Å². The molecule has 0 bridgehead atoms. The molecule has 1 aromatic rings. The highest BCUT2D eigenvalue weighted by Crippen LogP contribution is 2.14. The molecule has 0 aliphatic carbocycles. The molecule has 0 unspecified atom stereocenters. The fourth-order valence-electron chi connectivity index (χ4n) is 0.400. The SMILES string of the molecule is [O-][n+]1c[c]cc(Cl)c1Cl. The second kappa shape index (κ2) is 2.42. The third-order valence-electron chi connectivity index (χ3n) is 0.792. The molecule has 2 nitrogen and oxygen atoms in total. The van der Waals surface area contributed by atoms with Crippen LogP contribution in [-0.2, 0) is 0 Å². The van der Waals surface area contributed by atoms with Gasteiger partial charge in [0.25, 0.3) is 0 Å². The topological polar surface area (TPSA) is 26.9 Å². The molecule has 0 amide bonds. The Hall–Kier alpha value is -0.470. The van der Waals surface area contributed by atoms with Gasteiger partial charge in [0.1, 0.15) is 5.02 Å². The maximum atomic E-state index is 10.5. The average Bonchev–Trinajstić information content (AvgIpc) is 1.83. The Labute approximate surface area is 62.2 Å². The van der Waals surface area contributed by atoms with Crippen molar-refractivity contribution in [3.8, 4) is 0 Å². The molecule has 0 N–H and O–H groups in total. The summed E-state index contributed by atoms with van der Waals surface area (Å²) in [5.74, 6) is 0. The molecule has 47 valence electrons. The summed E-state index contributed by atoms with van der Waals surface area (Å²) in [5.41, 5.74) is 0. The van der Waals surface area contributed by atoms with Crippen LogP contribution in [0.2, 0.25) is 10.2 Å². The quantitative estimate of drug-likeness (QED) is 0.322. The van der Waals surface area contributed by atoms with Crippen LogP contribution in [0.5, 0.6) is 0 Å². The second-order valence-electron chi connectivity index (χ2n) is 1.40. The van der Waals surface area contributed by atoms with Gasteiger partial charge in [0.2, 0.25) is 0 Å². The Balaban J connectivity index is 3.25. The molecule has 0 spiro atoms. The summed E-state index contributed by atoms with van der Waals surface area (Å²) in [7, 11) is 0. The lowest BCUT2D eigenvalue weighted by Gasteiger charge is -1.96. The number of aromatic nitrogens is 1. The van der Waals surface area contributed by atoms with Crippen molar-refractivity contribution >= 4 is 23.2 Å². The maximum Gasteiger partial charge on any atom is 0.305 e. The third-order valence-corrected chi connectivity index (χ3v) is 1.55. The molecule has 0 saturated carbocycles. The number of hydrogen-bond donors (Lipinski definition) is 0. The lowest BCUT2D eigenvalue weighted by Crippen LogP contribution is -2.26. The van der Waals surface area contributed by atoms with Crippen LogP contribution in [0.25, 0.3) is 0 Å². The van der Waals surface area contributed by atoms with Gasteiger partial charge in [0.05, 0.1) is 6.07 Å². The van der Waals surface area contributed by atoms with Crippen molar-refractivity contribution in [3.63, 3.8) is 0 Å². The van der Waals surface area contributed by atoms with Crippen LogP contribution < -0.4 is 4.73 Å². The molecule has 0 atom stereocenters. The largest absolute Gasteiger partial charge is 0.618 e. The second-order valence-corrected chi connectivity index (χ2v) is 2.17. The van der Waals surface area contributed by atoms with E-state index in [0.717, 1.165) is 6.20 Å². The summed E-state index contributed by atoms with van der Waals surface area (Å²) < 4.78 is 0.448. The highest BCUT2D eigenvalue weighted by atomic mass is 35.5. The summed E-state index contributed by atoms with van der Waals surface area (Å²) in [6.07, 6.45) is 1.16. The van der Waals surface area contributed by atoms with Crippen molar-refractivity contribution in [2.75, 3.05) is 0 Å². The lowest BCUT2D eigenvalue weighted by atomic mass is 10.5. The molecule has 0 saturated heterocycles. The van der Waals surface area contributed by atoms with Gasteiger partial charge in [-0.15, -0.1) is 0 Å². The predicted octanol–water partition coefficient (Wildman–Crippen LogP) is 1.43. The van der Waals surface area contributed by atoms with Gasteiger partial charge in [-0.05, 0) is 17.7 Å². The fraction of sp³-hybridized carbons (Fsp3) is 0. The fourth-order valence-corrected chi connectivity index (χ4v) is 0.649. The zero-order valence-corrected chi connectivity index (χ0v) is 5.78. The van der Waals surface area contributed by atoms with E-state index in [1.54, 1.807) is 0 Å². The number of hydrogen-bond acceptors (Lipinski definition) is 1.